The highest BCUT2D eigenvalue weighted by Crippen LogP contribution is 2.35. The van der Waals surface area contributed by atoms with E-state index >= 15 is 0 Å². The molecule has 2 amide bonds. The molecule has 0 spiro atoms. The maximum atomic E-state index is 13.5. The van der Waals surface area contributed by atoms with Gasteiger partial charge in [-0.3, -0.25) is 0 Å². The largest absolute Gasteiger partial charge is 0.435 e. The Morgan fingerprint density at radius 2 is 1.29 bits per heavy atom. The van der Waals surface area contributed by atoms with Gasteiger partial charge >= 0.3 is 18.4 Å². The summed E-state index contributed by atoms with van der Waals surface area (Å²) in [5.41, 5.74) is 0.616. The van der Waals surface area contributed by atoms with E-state index in [2.05, 4.69) is 15.7 Å². The molecule has 11 heteroatoms. The van der Waals surface area contributed by atoms with Crippen LogP contribution >= 0.6 is 0 Å². The van der Waals surface area contributed by atoms with Crippen LogP contribution in [0.25, 0.3) is 28.1 Å². The van der Waals surface area contributed by atoms with Crippen LogP contribution in [0.2, 0.25) is 0 Å². The number of hydrogen-bond acceptors (Lipinski definition) is 2. The van der Waals surface area contributed by atoms with E-state index in [1.165, 1.54) is 24.3 Å². The standard InChI is InChI=1S/C27H22F6N4O/c1-16(2)34-25(38)35-21-11-13-22(14-12-21)37-23(15-24(36-37)27(31,32)33)19-5-3-17(4-6-19)18-7-9-20(10-8-18)26(28,29)30/h3-16H,1-2H3,(H2,34,35,38). The van der Waals surface area contributed by atoms with Crippen LogP contribution in [0, 0.1) is 0 Å². The van der Waals surface area contributed by atoms with Gasteiger partial charge in [0.1, 0.15) is 0 Å². The van der Waals surface area contributed by atoms with Crippen LogP contribution in [0.1, 0.15) is 25.1 Å². The first-order chi connectivity index (χ1) is 17.8. The monoisotopic (exact) mass is 532 g/mol. The number of nitrogens with one attached hydrogen (secondary N) is 2. The van der Waals surface area contributed by atoms with E-state index in [0.717, 1.165) is 22.9 Å². The fourth-order valence-corrected chi connectivity index (χ4v) is 3.72. The number of urea groups is 1. The minimum atomic E-state index is -4.68. The number of rotatable bonds is 5. The molecule has 38 heavy (non-hydrogen) atoms. The zero-order valence-corrected chi connectivity index (χ0v) is 20.2. The second-order valence-electron chi connectivity index (χ2n) is 8.78. The molecule has 0 unspecified atom stereocenters. The quantitative estimate of drug-likeness (QED) is 0.258. The summed E-state index contributed by atoms with van der Waals surface area (Å²) in [7, 11) is 0. The molecule has 1 aromatic heterocycles. The second kappa shape index (κ2) is 10.2. The van der Waals surface area contributed by atoms with E-state index in [1.807, 2.05) is 0 Å². The number of amides is 2. The number of hydrogen-bond donors (Lipinski definition) is 2. The Morgan fingerprint density at radius 3 is 1.79 bits per heavy atom. The molecule has 3 aromatic carbocycles. The first-order valence-electron chi connectivity index (χ1n) is 11.4. The van der Waals surface area contributed by atoms with E-state index in [0.29, 0.717) is 28.1 Å². The van der Waals surface area contributed by atoms with Crippen molar-refractivity contribution in [2.24, 2.45) is 0 Å². The van der Waals surface area contributed by atoms with Crippen molar-refractivity contribution in [2.75, 3.05) is 5.32 Å². The molecule has 4 rings (SSSR count). The zero-order chi connectivity index (χ0) is 27.7. The molecule has 0 bridgehead atoms. The summed E-state index contributed by atoms with van der Waals surface area (Å²) in [5.74, 6) is 0. The molecule has 198 valence electrons. The van der Waals surface area contributed by atoms with Crippen molar-refractivity contribution >= 4 is 11.7 Å². The first-order valence-corrected chi connectivity index (χ1v) is 11.4. The summed E-state index contributed by atoms with van der Waals surface area (Å²) in [4.78, 5) is 11.9. The Balaban J connectivity index is 1.64. The van der Waals surface area contributed by atoms with Crippen LogP contribution in [-0.4, -0.2) is 21.9 Å². The lowest BCUT2D eigenvalue weighted by Gasteiger charge is -2.12. The van der Waals surface area contributed by atoms with Crippen molar-refractivity contribution in [3.8, 4) is 28.1 Å². The van der Waals surface area contributed by atoms with Crippen LogP contribution in [0.5, 0.6) is 0 Å². The van der Waals surface area contributed by atoms with Crippen LogP contribution in [0.15, 0.2) is 78.9 Å². The van der Waals surface area contributed by atoms with Gasteiger partial charge in [0.2, 0.25) is 0 Å². The SMILES string of the molecule is CC(C)NC(=O)Nc1ccc(-n2nc(C(F)(F)F)cc2-c2ccc(-c3ccc(C(F)(F)F)cc3)cc2)cc1. The van der Waals surface area contributed by atoms with Gasteiger partial charge < -0.3 is 10.6 Å². The average molecular weight is 532 g/mol. The maximum absolute atomic E-state index is 13.5. The summed E-state index contributed by atoms with van der Waals surface area (Å²) in [6.45, 7) is 3.60. The predicted octanol–water partition coefficient (Wildman–Crippen LogP) is 7.77. The number of halogens is 6. The number of benzene rings is 3. The molecule has 4 aromatic rings. The Morgan fingerprint density at radius 1 is 0.763 bits per heavy atom. The predicted molar refractivity (Wildman–Crippen MR) is 132 cm³/mol. The van der Waals surface area contributed by atoms with Gasteiger partial charge in [-0.1, -0.05) is 36.4 Å². The molecular weight excluding hydrogens is 510 g/mol. The minimum Gasteiger partial charge on any atom is -0.336 e. The van der Waals surface area contributed by atoms with Gasteiger partial charge in [0.25, 0.3) is 0 Å². The Hall–Kier alpha value is -4.28. The molecule has 2 N–H and O–H groups in total. The van der Waals surface area contributed by atoms with Crippen molar-refractivity contribution in [1.82, 2.24) is 15.1 Å². The van der Waals surface area contributed by atoms with Gasteiger partial charge in [0, 0.05) is 17.3 Å². The second-order valence-corrected chi connectivity index (χ2v) is 8.78. The highest BCUT2D eigenvalue weighted by Gasteiger charge is 2.35. The molecule has 1 heterocycles. The molecule has 0 aliphatic heterocycles. The minimum absolute atomic E-state index is 0.0765. The lowest BCUT2D eigenvalue weighted by molar-refractivity contribution is -0.141. The number of alkyl halides is 6. The molecule has 0 atom stereocenters. The van der Waals surface area contributed by atoms with Gasteiger partial charge in [0.15, 0.2) is 5.69 Å². The molecular formula is C27H22F6N4O. The number of aromatic nitrogens is 2. The molecule has 0 fully saturated rings. The fourth-order valence-electron chi connectivity index (χ4n) is 3.72. The summed E-state index contributed by atoms with van der Waals surface area (Å²) in [5, 5.41) is 9.07. The first kappa shape index (κ1) is 26.8. The number of nitrogens with zero attached hydrogens (tertiary/aromatic N) is 2. The molecule has 5 nitrogen and oxygen atoms in total. The summed E-state index contributed by atoms with van der Waals surface area (Å²) in [6, 6.07) is 17.6. The highest BCUT2D eigenvalue weighted by molar-refractivity contribution is 5.89. The number of anilines is 1. The van der Waals surface area contributed by atoms with Crippen LogP contribution in [-0.2, 0) is 12.4 Å². The topological polar surface area (TPSA) is 59.0 Å². The summed E-state index contributed by atoms with van der Waals surface area (Å²) in [6.07, 6.45) is -9.14. The highest BCUT2D eigenvalue weighted by atomic mass is 19.4. The zero-order valence-electron chi connectivity index (χ0n) is 20.2. The molecule has 0 radical (unpaired) electrons. The lowest BCUT2D eigenvalue weighted by atomic mass is 10.0. The van der Waals surface area contributed by atoms with Crippen molar-refractivity contribution in [2.45, 2.75) is 32.2 Å². The Bertz CT molecular complexity index is 1400. The molecule has 0 saturated carbocycles. The van der Waals surface area contributed by atoms with Crippen molar-refractivity contribution in [1.29, 1.82) is 0 Å². The summed E-state index contributed by atoms with van der Waals surface area (Å²) >= 11 is 0. The van der Waals surface area contributed by atoms with Crippen molar-refractivity contribution < 1.29 is 31.1 Å². The van der Waals surface area contributed by atoms with Crippen LogP contribution in [0.4, 0.5) is 36.8 Å². The summed E-state index contributed by atoms with van der Waals surface area (Å²) < 4.78 is 80.2. The van der Waals surface area contributed by atoms with E-state index < -0.39 is 29.6 Å². The Labute approximate surface area is 214 Å². The van der Waals surface area contributed by atoms with E-state index in [-0.39, 0.29) is 11.7 Å². The average Bonchev–Trinajstić information content (AvgIpc) is 3.30. The van der Waals surface area contributed by atoms with Crippen molar-refractivity contribution in [3.05, 3.63) is 90.1 Å². The smallest absolute Gasteiger partial charge is 0.336 e. The lowest BCUT2D eigenvalue weighted by Crippen LogP contribution is -2.34. The Kier molecular flexibility index (Phi) is 7.21. The number of carbonyl (C=O) groups is 1. The van der Waals surface area contributed by atoms with Crippen LogP contribution in [0.3, 0.4) is 0 Å². The van der Waals surface area contributed by atoms with Crippen LogP contribution < -0.4 is 10.6 Å². The molecule has 0 saturated heterocycles. The van der Waals surface area contributed by atoms with Gasteiger partial charge in [0.05, 0.1) is 16.9 Å². The van der Waals surface area contributed by atoms with Gasteiger partial charge in [-0.2, -0.15) is 31.4 Å². The fraction of sp³-hybridized carbons (Fsp3) is 0.185. The van der Waals surface area contributed by atoms with E-state index in [1.54, 1.807) is 50.2 Å². The maximum Gasteiger partial charge on any atom is 0.435 e. The normalized spacial score (nSPS) is 12.0. The van der Waals surface area contributed by atoms with Gasteiger partial charge in [-0.15, -0.1) is 0 Å². The van der Waals surface area contributed by atoms with Gasteiger partial charge in [-0.05, 0) is 67.4 Å². The van der Waals surface area contributed by atoms with Crippen molar-refractivity contribution in [3.63, 3.8) is 0 Å². The van der Waals surface area contributed by atoms with E-state index in [4.69, 9.17) is 0 Å². The van der Waals surface area contributed by atoms with Gasteiger partial charge in [-0.25, -0.2) is 9.48 Å². The van der Waals surface area contributed by atoms with E-state index in [9.17, 15) is 31.1 Å². The third-order valence-electron chi connectivity index (χ3n) is 5.52. The third-order valence-corrected chi connectivity index (χ3v) is 5.52. The molecule has 0 aliphatic carbocycles. The third kappa shape index (κ3) is 6.16. The molecule has 0 aliphatic rings. The number of carbonyl (C=O) groups excluding carboxylic acids is 1.